The lowest BCUT2D eigenvalue weighted by Crippen LogP contribution is -2.11. The maximum atomic E-state index is 11.4. The molecule has 0 saturated heterocycles. The minimum absolute atomic E-state index is 0.0774. The van der Waals surface area contributed by atoms with E-state index in [2.05, 4.69) is 15.1 Å². The highest BCUT2D eigenvalue weighted by Crippen LogP contribution is 2.29. The molecule has 0 aliphatic rings. The van der Waals surface area contributed by atoms with Gasteiger partial charge in [-0.15, -0.1) is 11.3 Å². The van der Waals surface area contributed by atoms with Gasteiger partial charge in [0, 0.05) is 23.0 Å². The molecular formula is C23H15N5O3S. The predicted octanol–water partition coefficient (Wildman–Crippen LogP) is 5.38. The van der Waals surface area contributed by atoms with Gasteiger partial charge in [-0.25, -0.2) is 9.67 Å². The number of nitrogens with zero attached hydrogens (tertiary/aromatic N) is 5. The van der Waals surface area contributed by atoms with Crippen molar-refractivity contribution < 1.29 is 9.34 Å². The predicted molar refractivity (Wildman–Crippen MR) is 123 cm³/mol. The summed E-state index contributed by atoms with van der Waals surface area (Å²) in [4.78, 5) is 20.2. The molecule has 0 spiro atoms. The summed E-state index contributed by atoms with van der Waals surface area (Å²) in [6.07, 6.45) is 3.29. The van der Waals surface area contributed by atoms with E-state index in [1.54, 1.807) is 35.3 Å². The van der Waals surface area contributed by atoms with E-state index >= 15 is 0 Å². The number of benzene rings is 2. The Morgan fingerprint density at radius 2 is 1.88 bits per heavy atom. The number of fused-ring (bicyclic) bond motifs is 1. The Balaban J connectivity index is 1.69. The third-order valence-electron chi connectivity index (χ3n) is 4.65. The van der Waals surface area contributed by atoms with Gasteiger partial charge in [0.25, 0.3) is 5.69 Å². The van der Waals surface area contributed by atoms with Gasteiger partial charge >= 0.3 is 0 Å². The van der Waals surface area contributed by atoms with Crippen molar-refractivity contribution in [1.29, 1.82) is 0 Å². The Hall–Kier alpha value is -4.37. The fourth-order valence-corrected chi connectivity index (χ4v) is 3.98. The van der Waals surface area contributed by atoms with Crippen molar-refractivity contribution in [2.75, 3.05) is 0 Å². The molecule has 0 amide bonds. The van der Waals surface area contributed by atoms with Crippen LogP contribution in [0.5, 0.6) is 0 Å². The Kier molecular flexibility index (Phi) is 5.14. The van der Waals surface area contributed by atoms with Crippen molar-refractivity contribution in [1.82, 2.24) is 9.66 Å². The summed E-state index contributed by atoms with van der Waals surface area (Å²) in [6.45, 7) is 0. The molecule has 3 aromatic heterocycles. The van der Waals surface area contributed by atoms with Crippen molar-refractivity contribution in [3.63, 3.8) is 0 Å². The van der Waals surface area contributed by atoms with Crippen LogP contribution in [0.2, 0.25) is 0 Å². The van der Waals surface area contributed by atoms with Gasteiger partial charge in [0.1, 0.15) is 17.0 Å². The zero-order valence-corrected chi connectivity index (χ0v) is 17.3. The van der Waals surface area contributed by atoms with Crippen LogP contribution >= 0.6 is 11.3 Å². The first kappa shape index (κ1) is 19.6. The zero-order valence-electron chi connectivity index (χ0n) is 16.5. The van der Waals surface area contributed by atoms with E-state index in [4.69, 9.17) is 4.42 Å². The number of rotatable bonds is 5. The Morgan fingerprint density at radius 3 is 2.69 bits per heavy atom. The van der Waals surface area contributed by atoms with E-state index < -0.39 is 4.92 Å². The molecule has 0 atom stereocenters. The van der Waals surface area contributed by atoms with Crippen LogP contribution in [0.1, 0.15) is 5.69 Å². The second-order valence-electron chi connectivity index (χ2n) is 6.72. The van der Waals surface area contributed by atoms with E-state index in [0.717, 1.165) is 11.0 Å². The second kappa shape index (κ2) is 8.40. The van der Waals surface area contributed by atoms with Gasteiger partial charge in [-0.2, -0.15) is 5.10 Å². The smallest absolute Gasteiger partial charge is 0.294 e. The van der Waals surface area contributed by atoms with Crippen LogP contribution in [-0.2, 0) is 0 Å². The molecule has 0 unspecified atom stereocenters. The molecule has 9 heteroatoms. The summed E-state index contributed by atoms with van der Waals surface area (Å²) >= 11 is 1.31. The minimum atomic E-state index is -0.450. The van der Waals surface area contributed by atoms with Crippen LogP contribution in [-0.4, -0.2) is 20.8 Å². The highest BCUT2D eigenvalue weighted by molar-refractivity contribution is 7.07. The first-order chi connectivity index (χ1) is 15.7. The normalized spacial score (nSPS) is 12.1. The van der Waals surface area contributed by atoms with Crippen LogP contribution in [0.25, 0.3) is 22.4 Å². The van der Waals surface area contributed by atoms with Gasteiger partial charge in [-0.1, -0.05) is 36.4 Å². The average Bonchev–Trinajstić information content (AvgIpc) is 3.42. The molecule has 156 valence electrons. The largest absolute Gasteiger partial charge is 0.454 e. The van der Waals surface area contributed by atoms with Gasteiger partial charge in [0.2, 0.25) is 4.80 Å². The molecule has 0 saturated carbocycles. The standard InChI is InChI=1S/C23H15N5O3S/c29-28(30)19-10-3-2-9-18(19)26-23-27(25-14-17-8-5-6-12-24-17)20(15-32-23)22-13-16-7-1-4-11-21(16)31-22/h1-15H. The Bertz CT molecular complexity index is 1480. The van der Waals surface area contributed by atoms with Crippen LogP contribution in [0.4, 0.5) is 11.4 Å². The van der Waals surface area contributed by atoms with Gasteiger partial charge in [-0.05, 0) is 30.3 Å². The second-order valence-corrected chi connectivity index (χ2v) is 7.56. The summed E-state index contributed by atoms with van der Waals surface area (Å²) in [6, 6.07) is 21.5. The lowest BCUT2D eigenvalue weighted by atomic mass is 10.2. The lowest BCUT2D eigenvalue weighted by molar-refractivity contribution is -0.384. The van der Waals surface area contributed by atoms with E-state index in [0.29, 0.717) is 21.9 Å². The monoisotopic (exact) mass is 441 g/mol. The van der Waals surface area contributed by atoms with Crippen molar-refractivity contribution in [3.8, 4) is 11.5 Å². The number of hydrogen-bond donors (Lipinski definition) is 0. The topological polar surface area (TPSA) is 98.8 Å². The van der Waals surface area contributed by atoms with Gasteiger partial charge in [-0.3, -0.25) is 15.1 Å². The number of hydrogen-bond acceptors (Lipinski definition) is 7. The van der Waals surface area contributed by atoms with E-state index in [9.17, 15) is 10.1 Å². The van der Waals surface area contributed by atoms with Crippen molar-refractivity contribution in [3.05, 3.63) is 105 Å². The SMILES string of the molecule is O=[N+]([O-])c1ccccc1N=c1scc(-c2cc3ccccc3o2)n1N=Cc1ccccn1. The first-order valence-corrected chi connectivity index (χ1v) is 10.5. The molecule has 5 rings (SSSR count). The molecule has 32 heavy (non-hydrogen) atoms. The highest BCUT2D eigenvalue weighted by atomic mass is 32.1. The number of aromatic nitrogens is 2. The van der Waals surface area contributed by atoms with Crippen LogP contribution in [0.3, 0.4) is 0 Å². The number of nitro groups is 1. The fourth-order valence-electron chi connectivity index (χ4n) is 3.15. The zero-order chi connectivity index (χ0) is 21.9. The summed E-state index contributed by atoms with van der Waals surface area (Å²) in [7, 11) is 0. The van der Waals surface area contributed by atoms with Gasteiger partial charge in [0.15, 0.2) is 5.76 Å². The molecule has 0 aliphatic carbocycles. The summed E-state index contributed by atoms with van der Waals surface area (Å²) in [5.41, 5.74) is 2.27. The maximum absolute atomic E-state index is 11.4. The van der Waals surface area contributed by atoms with E-state index in [1.165, 1.54) is 17.4 Å². The molecule has 0 bridgehead atoms. The molecule has 0 N–H and O–H groups in total. The quantitative estimate of drug-likeness (QED) is 0.208. The molecule has 0 aliphatic heterocycles. The molecule has 3 heterocycles. The third kappa shape index (κ3) is 3.84. The molecular weight excluding hydrogens is 426 g/mol. The molecule has 2 aromatic carbocycles. The van der Waals surface area contributed by atoms with Crippen molar-refractivity contribution >= 4 is 39.9 Å². The van der Waals surface area contributed by atoms with Gasteiger partial charge in [0.05, 0.1) is 16.8 Å². The minimum Gasteiger partial charge on any atom is -0.454 e. The molecule has 5 aromatic rings. The fraction of sp³-hybridized carbons (Fsp3) is 0. The van der Waals surface area contributed by atoms with Crippen molar-refractivity contribution in [2.45, 2.75) is 0 Å². The molecule has 8 nitrogen and oxygen atoms in total. The van der Waals surface area contributed by atoms with Crippen LogP contribution in [0, 0.1) is 10.1 Å². The van der Waals surface area contributed by atoms with Gasteiger partial charge < -0.3 is 4.42 Å². The average molecular weight is 441 g/mol. The maximum Gasteiger partial charge on any atom is 0.294 e. The Labute approximate surface area is 185 Å². The third-order valence-corrected chi connectivity index (χ3v) is 5.47. The number of nitro benzene ring substituents is 1. The van der Waals surface area contributed by atoms with E-state index in [-0.39, 0.29) is 11.4 Å². The molecule has 0 fully saturated rings. The highest BCUT2D eigenvalue weighted by Gasteiger charge is 2.15. The summed E-state index contributed by atoms with van der Waals surface area (Å²) < 4.78 is 7.62. The summed E-state index contributed by atoms with van der Waals surface area (Å²) in [5.74, 6) is 0.615. The first-order valence-electron chi connectivity index (χ1n) is 9.62. The number of pyridine rings is 1. The van der Waals surface area contributed by atoms with E-state index in [1.807, 2.05) is 53.9 Å². The van der Waals surface area contributed by atoms with Crippen LogP contribution < -0.4 is 4.80 Å². The van der Waals surface area contributed by atoms with Crippen LogP contribution in [0.15, 0.2) is 98.9 Å². The number of furan rings is 1. The summed E-state index contributed by atoms with van der Waals surface area (Å²) in [5, 5.41) is 18.8. The number of para-hydroxylation sites is 3. The molecule has 0 radical (unpaired) electrons. The lowest BCUT2D eigenvalue weighted by Gasteiger charge is -2.01. The number of thiazole rings is 1. The van der Waals surface area contributed by atoms with Crippen molar-refractivity contribution in [2.24, 2.45) is 10.1 Å². The Morgan fingerprint density at radius 1 is 1.06 bits per heavy atom.